The fourth-order valence-electron chi connectivity index (χ4n) is 3.36. The first-order chi connectivity index (χ1) is 12.1. The molecule has 1 aliphatic rings. The van der Waals surface area contributed by atoms with Crippen LogP contribution in [0.25, 0.3) is 10.9 Å². The van der Waals surface area contributed by atoms with E-state index in [2.05, 4.69) is 19.9 Å². The van der Waals surface area contributed by atoms with Crippen molar-refractivity contribution in [3.8, 4) is 0 Å². The maximum atomic E-state index is 12.6. The summed E-state index contributed by atoms with van der Waals surface area (Å²) in [6.45, 7) is 2.60. The molecule has 1 N–H and O–H groups in total. The number of carbonyl (C=O) groups is 1. The van der Waals surface area contributed by atoms with E-state index in [-0.39, 0.29) is 24.1 Å². The summed E-state index contributed by atoms with van der Waals surface area (Å²) >= 11 is 0. The molecule has 3 heterocycles. The van der Waals surface area contributed by atoms with E-state index in [1.165, 1.54) is 10.9 Å². The molecule has 0 unspecified atom stereocenters. The highest BCUT2D eigenvalue weighted by Gasteiger charge is 2.20. The van der Waals surface area contributed by atoms with E-state index in [1.54, 1.807) is 12.3 Å². The molecule has 0 bridgehead atoms. The van der Waals surface area contributed by atoms with Crippen molar-refractivity contribution in [3.05, 3.63) is 58.7 Å². The Bertz CT molecular complexity index is 1000. The molecule has 2 aromatic heterocycles. The van der Waals surface area contributed by atoms with Crippen LogP contribution in [0.4, 0.5) is 0 Å². The first kappa shape index (κ1) is 15.6. The van der Waals surface area contributed by atoms with Crippen molar-refractivity contribution >= 4 is 16.8 Å². The Hall–Kier alpha value is -2.96. The van der Waals surface area contributed by atoms with E-state index in [1.807, 2.05) is 25.3 Å². The summed E-state index contributed by atoms with van der Waals surface area (Å²) in [5, 5.41) is 3.55. The molecule has 0 radical (unpaired) electrons. The van der Waals surface area contributed by atoms with E-state index in [0.29, 0.717) is 17.4 Å². The summed E-state index contributed by atoms with van der Waals surface area (Å²) in [6, 6.07) is 5.55. The molecule has 4 rings (SSSR count). The number of nitrogens with zero attached hydrogens (tertiary/aromatic N) is 4. The number of fused-ring (bicyclic) bond motifs is 2. The molecule has 0 saturated carbocycles. The topological polar surface area (TPSA) is 81.8 Å². The monoisotopic (exact) mass is 337 g/mol. The van der Waals surface area contributed by atoms with Crippen LogP contribution in [-0.2, 0) is 24.3 Å². The lowest BCUT2D eigenvalue weighted by Gasteiger charge is -2.24. The van der Waals surface area contributed by atoms with Gasteiger partial charge in [0.05, 0.1) is 17.2 Å². The third-order valence-corrected chi connectivity index (χ3v) is 4.67. The first-order valence-electron chi connectivity index (χ1n) is 8.36. The highest BCUT2D eigenvalue weighted by Crippen LogP contribution is 2.13. The van der Waals surface area contributed by atoms with Gasteiger partial charge in [-0.2, -0.15) is 0 Å². The molecule has 25 heavy (non-hydrogen) atoms. The predicted octanol–water partition coefficient (Wildman–Crippen LogP) is 1.03. The number of aromatic nitrogens is 4. The Morgan fingerprint density at radius 2 is 2.24 bits per heavy atom. The number of benzene rings is 1. The van der Waals surface area contributed by atoms with Gasteiger partial charge in [0, 0.05) is 31.4 Å². The molecule has 1 amide bonds. The second-order valence-corrected chi connectivity index (χ2v) is 6.45. The Labute approximate surface area is 144 Å². The van der Waals surface area contributed by atoms with Crippen molar-refractivity contribution in [2.75, 3.05) is 0 Å². The van der Waals surface area contributed by atoms with Gasteiger partial charge in [-0.25, -0.2) is 9.97 Å². The zero-order valence-corrected chi connectivity index (χ0v) is 14.0. The largest absolute Gasteiger partial charge is 0.350 e. The van der Waals surface area contributed by atoms with Gasteiger partial charge in [0.2, 0.25) is 5.91 Å². The van der Waals surface area contributed by atoms with Crippen molar-refractivity contribution in [1.82, 2.24) is 24.4 Å². The highest BCUT2D eigenvalue weighted by molar-refractivity contribution is 5.81. The molecule has 0 saturated heterocycles. The van der Waals surface area contributed by atoms with E-state index >= 15 is 0 Å². The minimum atomic E-state index is -0.190. The van der Waals surface area contributed by atoms with Crippen LogP contribution in [0.5, 0.6) is 0 Å². The average Bonchev–Trinajstić information content (AvgIpc) is 3.06. The zero-order chi connectivity index (χ0) is 17.4. The van der Waals surface area contributed by atoms with Crippen LogP contribution >= 0.6 is 0 Å². The SMILES string of the molecule is Cc1cccc2c(=O)n(CC(=O)N[C@H]3CCc4nccn4C3)cnc12. The van der Waals surface area contributed by atoms with Gasteiger partial charge in [-0.05, 0) is 25.0 Å². The lowest BCUT2D eigenvalue weighted by molar-refractivity contribution is -0.122. The number of hydrogen-bond acceptors (Lipinski definition) is 4. The van der Waals surface area contributed by atoms with Gasteiger partial charge in [0.25, 0.3) is 5.56 Å². The molecular formula is C18H19N5O2. The third kappa shape index (κ3) is 2.93. The minimum absolute atomic E-state index is 0.0248. The second-order valence-electron chi connectivity index (χ2n) is 6.45. The Morgan fingerprint density at radius 1 is 1.36 bits per heavy atom. The number of aryl methyl sites for hydroxylation is 2. The summed E-state index contributed by atoms with van der Waals surface area (Å²) in [4.78, 5) is 33.5. The fraction of sp³-hybridized carbons (Fsp3) is 0.333. The van der Waals surface area contributed by atoms with Gasteiger partial charge in [-0.1, -0.05) is 12.1 Å². The van der Waals surface area contributed by atoms with E-state index in [4.69, 9.17) is 0 Å². The zero-order valence-electron chi connectivity index (χ0n) is 14.0. The normalized spacial score (nSPS) is 16.6. The molecule has 0 aliphatic carbocycles. The molecule has 3 aromatic rings. The third-order valence-electron chi connectivity index (χ3n) is 4.67. The molecule has 1 aromatic carbocycles. The highest BCUT2D eigenvalue weighted by atomic mass is 16.2. The van der Waals surface area contributed by atoms with Crippen molar-refractivity contribution in [1.29, 1.82) is 0 Å². The van der Waals surface area contributed by atoms with E-state index < -0.39 is 0 Å². The van der Waals surface area contributed by atoms with Crippen LogP contribution in [0.2, 0.25) is 0 Å². The van der Waals surface area contributed by atoms with Crippen LogP contribution < -0.4 is 10.9 Å². The maximum Gasteiger partial charge on any atom is 0.261 e. The molecule has 1 atom stereocenters. The number of rotatable bonds is 3. The average molecular weight is 337 g/mol. The van der Waals surface area contributed by atoms with Crippen LogP contribution in [0.1, 0.15) is 17.8 Å². The van der Waals surface area contributed by atoms with Gasteiger partial charge in [-0.3, -0.25) is 14.2 Å². The molecule has 7 heteroatoms. The Kier molecular flexibility index (Phi) is 3.83. The summed E-state index contributed by atoms with van der Waals surface area (Å²) in [5.41, 5.74) is 1.44. The van der Waals surface area contributed by atoms with Crippen LogP contribution in [0.3, 0.4) is 0 Å². The number of amides is 1. The van der Waals surface area contributed by atoms with Gasteiger partial charge < -0.3 is 9.88 Å². The van der Waals surface area contributed by atoms with Crippen molar-refractivity contribution < 1.29 is 4.79 Å². The van der Waals surface area contributed by atoms with Gasteiger partial charge in [0.1, 0.15) is 12.4 Å². The van der Waals surface area contributed by atoms with Gasteiger partial charge >= 0.3 is 0 Å². The Morgan fingerprint density at radius 3 is 3.12 bits per heavy atom. The molecular weight excluding hydrogens is 318 g/mol. The lowest BCUT2D eigenvalue weighted by Crippen LogP contribution is -2.43. The number of para-hydroxylation sites is 1. The molecule has 7 nitrogen and oxygen atoms in total. The van der Waals surface area contributed by atoms with Crippen molar-refractivity contribution in [2.24, 2.45) is 0 Å². The lowest BCUT2D eigenvalue weighted by atomic mass is 10.1. The van der Waals surface area contributed by atoms with Crippen LogP contribution in [0.15, 0.2) is 41.7 Å². The predicted molar refractivity (Wildman–Crippen MR) is 93.2 cm³/mol. The summed E-state index contributed by atoms with van der Waals surface area (Å²) in [5.74, 6) is 0.875. The number of nitrogens with one attached hydrogen (secondary N) is 1. The standard InChI is InChI=1S/C18H19N5O2/c1-12-3-2-4-14-17(12)20-11-23(18(14)25)10-16(24)21-13-5-6-15-19-7-8-22(15)9-13/h2-4,7-8,11,13H,5-6,9-10H2,1H3,(H,21,24)/t13-/m0/s1. The smallest absolute Gasteiger partial charge is 0.261 e. The molecule has 1 aliphatic heterocycles. The van der Waals surface area contributed by atoms with E-state index in [0.717, 1.165) is 24.2 Å². The maximum absolute atomic E-state index is 12.6. The fourth-order valence-corrected chi connectivity index (χ4v) is 3.36. The second kappa shape index (κ2) is 6.16. The number of carbonyl (C=O) groups excluding carboxylic acids is 1. The summed E-state index contributed by atoms with van der Waals surface area (Å²) < 4.78 is 3.42. The number of imidazole rings is 1. The molecule has 0 spiro atoms. The molecule has 128 valence electrons. The van der Waals surface area contributed by atoms with Crippen molar-refractivity contribution in [3.63, 3.8) is 0 Å². The minimum Gasteiger partial charge on any atom is -0.350 e. The molecule has 0 fully saturated rings. The first-order valence-corrected chi connectivity index (χ1v) is 8.36. The summed E-state index contributed by atoms with van der Waals surface area (Å²) in [7, 11) is 0. The van der Waals surface area contributed by atoms with E-state index in [9.17, 15) is 9.59 Å². The van der Waals surface area contributed by atoms with Gasteiger partial charge in [0.15, 0.2) is 0 Å². The quantitative estimate of drug-likeness (QED) is 0.774. The summed E-state index contributed by atoms with van der Waals surface area (Å²) in [6.07, 6.45) is 6.85. The van der Waals surface area contributed by atoms with Gasteiger partial charge in [-0.15, -0.1) is 0 Å². The van der Waals surface area contributed by atoms with Crippen molar-refractivity contribution in [2.45, 2.75) is 38.9 Å². The number of hydrogen-bond donors (Lipinski definition) is 1. The Balaban J connectivity index is 1.49. The van der Waals surface area contributed by atoms with Crippen LogP contribution in [-0.4, -0.2) is 31.1 Å². The van der Waals surface area contributed by atoms with Crippen LogP contribution in [0, 0.1) is 6.92 Å².